The van der Waals surface area contributed by atoms with Gasteiger partial charge in [-0.05, 0) is 6.42 Å². The molecule has 0 radical (unpaired) electrons. The molecule has 0 aromatic rings. The van der Waals surface area contributed by atoms with Gasteiger partial charge in [0.1, 0.15) is 0 Å². The second-order valence-corrected chi connectivity index (χ2v) is 3.17. The molecular formula is C6H15NS. The molecule has 2 heteroatoms. The Kier molecular flexibility index (Phi) is 5.66. The standard InChI is InChI=1S/C6H15NS/c1-3-4-5-6(2)8-7/h6H,3-5,7H2,1-2H3. The second-order valence-electron chi connectivity index (χ2n) is 2.09. The molecule has 50 valence electrons. The van der Waals surface area contributed by atoms with Crippen molar-refractivity contribution in [3.8, 4) is 0 Å². The van der Waals surface area contributed by atoms with Crippen molar-refractivity contribution in [1.29, 1.82) is 0 Å². The fourth-order valence-electron chi connectivity index (χ4n) is 0.560. The van der Waals surface area contributed by atoms with Gasteiger partial charge in [-0.2, -0.15) is 0 Å². The minimum absolute atomic E-state index is 0.648. The summed E-state index contributed by atoms with van der Waals surface area (Å²) in [6.07, 6.45) is 3.86. The summed E-state index contributed by atoms with van der Waals surface area (Å²) in [5.74, 6) is 0. The van der Waals surface area contributed by atoms with Crippen molar-refractivity contribution in [2.75, 3.05) is 0 Å². The summed E-state index contributed by atoms with van der Waals surface area (Å²) < 4.78 is 0. The molecule has 0 aliphatic rings. The van der Waals surface area contributed by atoms with E-state index in [1.807, 2.05) is 0 Å². The van der Waals surface area contributed by atoms with Crippen LogP contribution in [0.1, 0.15) is 33.1 Å². The molecule has 0 fully saturated rings. The lowest BCUT2D eigenvalue weighted by molar-refractivity contribution is 0.713. The highest BCUT2D eigenvalue weighted by atomic mass is 32.2. The Morgan fingerprint density at radius 1 is 1.62 bits per heavy atom. The minimum atomic E-state index is 0.648. The summed E-state index contributed by atoms with van der Waals surface area (Å²) in [5, 5.41) is 5.98. The largest absolute Gasteiger partial charge is 0.278 e. The fourth-order valence-corrected chi connectivity index (χ4v) is 0.862. The van der Waals surface area contributed by atoms with Crippen LogP contribution < -0.4 is 5.14 Å². The summed E-state index contributed by atoms with van der Waals surface area (Å²) in [4.78, 5) is 0. The van der Waals surface area contributed by atoms with Crippen LogP contribution in [0.15, 0.2) is 0 Å². The van der Waals surface area contributed by atoms with E-state index in [4.69, 9.17) is 5.14 Å². The van der Waals surface area contributed by atoms with E-state index in [1.54, 1.807) is 0 Å². The van der Waals surface area contributed by atoms with Gasteiger partial charge in [-0.3, -0.25) is 5.14 Å². The van der Waals surface area contributed by atoms with Crippen LogP contribution >= 0.6 is 11.9 Å². The predicted octanol–water partition coefficient (Wildman–Crippen LogP) is 2.17. The van der Waals surface area contributed by atoms with Crippen LogP contribution in [0.4, 0.5) is 0 Å². The Morgan fingerprint density at radius 2 is 2.25 bits per heavy atom. The molecule has 1 unspecified atom stereocenters. The Hall–Kier alpha value is 0.310. The van der Waals surface area contributed by atoms with Crippen LogP contribution in [0.3, 0.4) is 0 Å². The highest BCUT2D eigenvalue weighted by molar-refractivity contribution is 7.97. The van der Waals surface area contributed by atoms with E-state index in [2.05, 4.69) is 13.8 Å². The number of hydrogen-bond acceptors (Lipinski definition) is 2. The summed E-state index contributed by atoms with van der Waals surface area (Å²) >= 11 is 1.46. The van der Waals surface area contributed by atoms with Gasteiger partial charge in [0.05, 0.1) is 0 Å². The van der Waals surface area contributed by atoms with Crippen molar-refractivity contribution in [2.45, 2.75) is 38.4 Å². The molecule has 0 bridgehead atoms. The molecule has 0 spiro atoms. The van der Waals surface area contributed by atoms with Crippen LogP contribution in [0.2, 0.25) is 0 Å². The molecule has 2 N–H and O–H groups in total. The van der Waals surface area contributed by atoms with Gasteiger partial charge in [-0.15, -0.1) is 0 Å². The van der Waals surface area contributed by atoms with E-state index in [1.165, 1.54) is 31.2 Å². The van der Waals surface area contributed by atoms with Gasteiger partial charge in [0.15, 0.2) is 0 Å². The average molecular weight is 133 g/mol. The van der Waals surface area contributed by atoms with E-state index < -0.39 is 0 Å². The number of nitrogens with two attached hydrogens (primary N) is 1. The van der Waals surface area contributed by atoms with Gasteiger partial charge in [-0.25, -0.2) is 0 Å². The molecule has 0 aromatic heterocycles. The van der Waals surface area contributed by atoms with E-state index in [0.29, 0.717) is 5.25 Å². The molecule has 0 amide bonds. The first kappa shape index (κ1) is 8.31. The lowest BCUT2D eigenvalue weighted by Gasteiger charge is -2.03. The summed E-state index contributed by atoms with van der Waals surface area (Å²) in [7, 11) is 0. The van der Waals surface area contributed by atoms with Crippen molar-refractivity contribution in [2.24, 2.45) is 5.14 Å². The first-order chi connectivity index (χ1) is 3.81. The van der Waals surface area contributed by atoms with Crippen LogP contribution in [-0.4, -0.2) is 5.25 Å². The van der Waals surface area contributed by atoms with E-state index in [0.717, 1.165) is 0 Å². The first-order valence-electron chi connectivity index (χ1n) is 3.16. The molecule has 8 heavy (non-hydrogen) atoms. The monoisotopic (exact) mass is 133 g/mol. The third-order valence-electron chi connectivity index (χ3n) is 1.20. The SMILES string of the molecule is CCCCC(C)SN. The molecule has 0 aromatic carbocycles. The van der Waals surface area contributed by atoms with E-state index in [9.17, 15) is 0 Å². The summed E-state index contributed by atoms with van der Waals surface area (Å²) in [5.41, 5.74) is 0. The van der Waals surface area contributed by atoms with Crippen molar-refractivity contribution >= 4 is 11.9 Å². The molecule has 0 aliphatic carbocycles. The molecule has 0 saturated heterocycles. The zero-order chi connectivity index (χ0) is 6.41. The van der Waals surface area contributed by atoms with Gasteiger partial charge in [0.2, 0.25) is 0 Å². The lowest BCUT2D eigenvalue weighted by atomic mass is 10.2. The maximum Gasteiger partial charge on any atom is 0.0162 e. The quantitative estimate of drug-likeness (QED) is 0.595. The van der Waals surface area contributed by atoms with E-state index >= 15 is 0 Å². The van der Waals surface area contributed by atoms with Crippen molar-refractivity contribution in [1.82, 2.24) is 0 Å². The smallest absolute Gasteiger partial charge is 0.0162 e. The third-order valence-corrected chi connectivity index (χ3v) is 1.90. The fraction of sp³-hybridized carbons (Fsp3) is 1.00. The zero-order valence-corrected chi connectivity index (χ0v) is 6.50. The van der Waals surface area contributed by atoms with Crippen molar-refractivity contribution in [3.63, 3.8) is 0 Å². The van der Waals surface area contributed by atoms with Crippen LogP contribution in [0.25, 0.3) is 0 Å². The number of hydrogen-bond donors (Lipinski definition) is 1. The predicted molar refractivity (Wildman–Crippen MR) is 40.8 cm³/mol. The Morgan fingerprint density at radius 3 is 2.62 bits per heavy atom. The summed E-state index contributed by atoms with van der Waals surface area (Å²) in [6, 6.07) is 0. The Bertz CT molecular complexity index is 47.8. The van der Waals surface area contributed by atoms with Crippen molar-refractivity contribution < 1.29 is 0 Å². The molecule has 1 atom stereocenters. The second kappa shape index (κ2) is 5.45. The molecular weight excluding hydrogens is 118 g/mol. The van der Waals surface area contributed by atoms with E-state index in [-0.39, 0.29) is 0 Å². The van der Waals surface area contributed by atoms with Crippen LogP contribution in [0.5, 0.6) is 0 Å². The van der Waals surface area contributed by atoms with Crippen molar-refractivity contribution in [3.05, 3.63) is 0 Å². The molecule has 0 saturated carbocycles. The van der Waals surface area contributed by atoms with Gasteiger partial charge in [0, 0.05) is 5.25 Å². The van der Waals surface area contributed by atoms with Crippen LogP contribution in [0, 0.1) is 0 Å². The minimum Gasteiger partial charge on any atom is -0.278 e. The Labute approximate surface area is 56.2 Å². The lowest BCUT2D eigenvalue weighted by Crippen LogP contribution is -1.98. The topological polar surface area (TPSA) is 26.0 Å². The molecule has 1 nitrogen and oxygen atoms in total. The van der Waals surface area contributed by atoms with Crippen LogP contribution in [-0.2, 0) is 0 Å². The molecule has 0 aliphatic heterocycles. The van der Waals surface area contributed by atoms with Gasteiger partial charge in [-0.1, -0.05) is 38.6 Å². The summed E-state index contributed by atoms with van der Waals surface area (Å²) in [6.45, 7) is 4.37. The number of unbranched alkanes of at least 4 members (excludes halogenated alkanes) is 1. The molecule has 0 heterocycles. The highest BCUT2D eigenvalue weighted by Crippen LogP contribution is 2.09. The Balaban J connectivity index is 2.86. The van der Waals surface area contributed by atoms with Gasteiger partial charge in [0.25, 0.3) is 0 Å². The third kappa shape index (κ3) is 4.47. The maximum atomic E-state index is 5.33. The zero-order valence-electron chi connectivity index (χ0n) is 5.68. The maximum absolute atomic E-state index is 5.33. The van der Waals surface area contributed by atoms with Gasteiger partial charge < -0.3 is 0 Å². The molecule has 0 rings (SSSR count). The van der Waals surface area contributed by atoms with Gasteiger partial charge >= 0.3 is 0 Å². The first-order valence-corrected chi connectivity index (χ1v) is 4.11. The average Bonchev–Trinajstić information content (AvgIpc) is 1.83. The normalized spacial score (nSPS) is 13.9. The number of rotatable bonds is 4. The highest BCUT2D eigenvalue weighted by Gasteiger charge is 1.95.